The lowest BCUT2D eigenvalue weighted by atomic mass is 10.1. The van der Waals surface area contributed by atoms with E-state index >= 15 is 0 Å². The summed E-state index contributed by atoms with van der Waals surface area (Å²) < 4.78 is 3.18. The van der Waals surface area contributed by atoms with Gasteiger partial charge in [0.05, 0.1) is 15.9 Å². The first-order valence-electron chi connectivity index (χ1n) is 7.14. The van der Waals surface area contributed by atoms with E-state index in [2.05, 4.69) is 46.2 Å². The summed E-state index contributed by atoms with van der Waals surface area (Å²) in [5.41, 5.74) is 5.52. The van der Waals surface area contributed by atoms with Gasteiger partial charge in [-0.1, -0.05) is 13.0 Å². The van der Waals surface area contributed by atoms with Crippen LogP contribution in [0.3, 0.4) is 0 Å². The van der Waals surface area contributed by atoms with Crippen molar-refractivity contribution in [3.05, 3.63) is 45.2 Å². The molecular formula is C16H19BrN2S. The zero-order valence-corrected chi connectivity index (χ0v) is 14.4. The van der Waals surface area contributed by atoms with Gasteiger partial charge in [-0.15, -0.1) is 11.8 Å². The number of aromatic nitrogens is 2. The van der Waals surface area contributed by atoms with Crippen molar-refractivity contribution in [3.8, 4) is 0 Å². The molecule has 1 heterocycles. The summed E-state index contributed by atoms with van der Waals surface area (Å²) in [6.07, 6.45) is 4.79. The van der Waals surface area contributed by atoms with Gasteiger partial charge in [0.1, 0.15) is 0 Å². The summed E-state index contributed by atoms with van der Waals surface area (Å²) >= 11 is 5.59. The Morgan fingerprint density at radius 3 is 2.85 bits per heavy atom. The van der Waals surface area contributed by atoms with Crippen LogP contribution in [0.4, 0.5) is 0 Å². The van der Waals surface area contributed by atoms with E-state index in [1.165, 1.54) is 34.3 Å². The van der Waals surface area contributed by atoms with Crippen molar-refractivity contribution in [2.75, 3.05) is 0 Å². The molecule has 0 spiro atoms. The average molecular weight is 351 g/mol. The Labute approximate surface area is 133 Å². The van der Waals surface area contributed by atoms with Crippen molar-refractivity contribution in [2.45, 2.75) is 43.3 Å². The molecule has 0 N–H and O–H groups in total. The summed E-state index contributed by atoms with van der Waals surface area (Å²) in [7, 11) is 2.03. The van der Waals surface area contributed by atoms with Gasteiger partial charge in [-0.25, -0.2) is 0 Å². The van der Waals surface area contributed by atoms with E-state index in [1.807, 2.05) is 23.5 Å². The molecule has 1 aromatic heterocycles. The van der Waals surface area contributed by atoms with Crippen molar-refractivity contribution >= 4 is 27.7 Å². The Bertz CT molecular complexity index is 634. The van der Waals surface area contributed by atoms with E-state index in [4.69, 9.17) is 0 Å². The highest BCUT2D eigenvalue weighted by atomic mass is 79.9. The fraction of sp³-hybridized carbons (Fsp3) is 0.438. The molecule has 20 heavy (non-hydrogen) atoms. The Kier molecular flexibility index (Phi) is 4.22. The maximum Gasteiger partial charge on any atom is 0.0767 e. The molecule has 4 heteroatoms. The van der Waals surface area contributed by atoms with E-state index in [0.29, 0.717) is 0 Å². The van der Waals surface area contributed by atoms with Crippen LogP contribution in [0.2, 0.25) is 0 Å². The highest BCUT2D eigenvalue weighted by Gasteiger charge is 2.14. The van der Waals surface area contributed by atoms with Crippen LogP contribution in [0.1, 0.15) is 35.9 Å². The number of halogens is 1. The molecule has 0 radical (unpaired) electrons. The second kappa shape index (κ2) is 5.94. The molecule has 0 fully saturated rings. The number of hydrogen-bond acceptors (Lipinski definition) is 2. The molecule has 0 saturated heterocycles. The minimum Gasteiger partial charge on any atom is -0.270 e. The van der Waals surface area contributed by atoms with Gasteiger partial charge in [0.2, 0.25) is 0 Å². The lowest BCUT2D eigenvalue weighted by molar-refractivity contribution is 0.719. The minimum atomic E-state index is 0.961. The zero-order chi connectivity index (χ0) is 14.1. The topological polar surface area (TPSA) is 17.8 Å². The molecule has 106 valence electrons. The Morgan fingerprint density at radius 2 is 2.10 bits per heavy atom. The lowest BCUT2D eigenvalue weighted by Gasteiger charge is -2.06. The average Bonchev–Trinajstić information content (AvgIpc) is 3.01. The number of nitrogens with zero attached hydrogens (tertiary/aromatic N) is 2. The number of benzene rings is 1. The molecule has 0 bridgehead atoms. The molecule has 3 rings (SSSR count). The standard InChI is InChI=1S/C16H19BrN2S/c1-3-14-16(17)15(19(2)18-14)10-20-13-8-7-11-5-4-6-12(11)9-13/h7-9H,3-6,10H2,1-2H3. The van der Waals surface area contributed by atoms with Crippen LogP contribution in [0, 0.1) is 0 Å². The normalized spacial score (nSPS) is 13.8. The van der Waals surface area contributed by atoms with Crippen molar-refractivity contribution in [1.82, 2.24) is 9.78 Å². The number of thioether (sulfide) groups is 1. The Balaban J connectivity index is 1.75. The number of fused-ring (bicyclic) bond motifs is 1. The molecule has 0 amide bonds. The van der Waals surface area contributed by atoms with Gasteiger partial charge < -0.3 is 0 Å². The smallest absolute Gasteiger partial charge is 0.0767 e. The molecular weight excluding hydrogens is 332 g/mol. The second-order valence-corrected chi connectivity index (χ2v) is 7.10. The third kappa shape index (κ3) is 2.68. The van der Waals surface area contributed by atoms with E-state index in [9.17, 15) is 0 Å². The summed E-state index contributed by atoms with van der Waals surface area (Å²) in [6, 6.07) is 6.94. The molecule has 0 unspecified atom stereocenters. The molecule has 1 aliphatic rings. The van der Waals surface area contributed by atoms with E-state index in [-0.39, 0.29) is 0 Å². The van der Waals surface area contributed by atoms with Crippen molar-refractivity contribution in [2.24, 2.45) is 7.05 Å². The third-order valence-corrected chi connectivity index (χ3v) is 5.87. The summed E-state index contributed by atoms with van der Waals surface area (Å²) in [6.45, 7) is 2.14. The fourth-order valence-electron chi connectivity index (χ4n) is 2.77. The Hall–Kier alpha value is -0.740. The third-order valence-electron chi connectivity index (χ3n) is 3.95. The predicted molar refractivity (Wildman–Crippen MR) is 88.3 cm³/mol. The SMILES string of the molecule is CCc1nn(C)c(CSc2ccc3c(c2)CCC3)c1Br. The molecule has 0 saturated carbocycles. The van der Waals surface area contributed by atoms with Crippen molar-refractivity contribution in [1.29, 1.82) is 0 Å². The van der Waals surface area contributed by atoms with Crippen LogP contribution in [-0.2, 0) is 32.1 Å². The highest BCUT2D eigenvalue weighted by molar-refractivity contribution is 9.10. The quantitative estimate of drug-likeness (QED) is 0.754. The molecule has 2 aromatic rings. The van der Waals surface area contributed by atoms with Crippen molar-refractivity contribution < 1.29 is 0 Å². The van der Waals surface area contributed by atoms with Gasteiger partial charge in [0.15, 0.2) is 0 Å². The molecule has 1 aliphatic carbocycles. The first kappa shape index (κ1) is 14.2. The molecule has 0 atom stereocenters. The monoisotopic (exact) mass is 350 g/mol. The van der Waals surface area contributed by atoms with Crippen LogP contribution < -0.4 is 0 Å². The number of rotatable bonds is 4. The van der Waals surface area contributed by atoms with Crippen LogP contribution >= 0.6 is 27.7 Å². The maximum absolute atomic E-state index is 4.56. The highest BCUT2D eigenvalue weighted by Crippen LogP contribution is 2.32. The first-order valence-corrected chi connectivity index (χ1v) is 8.91. The fourth-order valence-corrected chi connectivity index (χ4v) is 4.73. The van der Waals surface area contributed by atoms with Gasteiger partial charge in [0.25, 0.3) is 0 Å². The molecule has 1 aromatic carbocycles. The molecule has 2 nitrogen and oxygen atoms in total. The predicted octanol–water partition coefficient (Wildman–Crippen LogP) is 4.53. The lowest BCUT2D eigenvalue weighted by Crippen LogP contribution is -1.97. The van der Waals surface area contributed by atoms with Crippen LogP contribution in [0.15, 0.2) is 27.6 Å². The summed E-state index contributed by atoms with van der Waals surface area (Å²) in [4.78, 5) is 1.37. The number of aryl methyl sites for hydroxylation is 4. The largest absolute Gasteiger partial charge is 0.270 e. The number of hydrogen-bond donors (Lipinski definition) is 0. The minimum absolute atomic E-state index is 0.961. The maximum atomic E-state index is 4.56. The van der Waals surface area contributed by atoms with Gasteiger partial charge in [-0.2, -0.15) is 5.10 Å². The van der Waals surface area contributed by atoms with Crippen LogP contribution in [0.5, 0.6) is 0 Å². The van der Waals surface area contributed by atoms with Crippen LogP contribution in [-0.4, -0.2) is 9.78 Å². The van der Waals surface area contributed by atoms with Gasteiger partial charge in [-0.3, -0.25) is 4.68 Å². The summed E-state index contributed by atoms with van der Waals surface area (Å²) in [5.74, 6) is 0.961. The van der Waals surface area contributed by atoms with Gasteiger partial charge >= 0.3 is 0 Å². The van der Waals surface area contributed by atoms with Gasteiger partial charge in [-0.05, 0) is 64.9 Å². The van der Waals surface area contributed by atoms with Crippen LogP contribution in [0.25, 0.3) is 0 Å². The van der Waals surface area contributed by atoms with E-state index in [1.54, 1.807) is 11.1 Å². The van der Waals surface area contributed by atoms with E-state index in [0.717, 1.165) is 17.9 Å². The first-order chi connectivity index (χ1) is 9.69. The van der Waals surface area contributed by atoms with Crippen molar-refractivity contribution in [3.63, 3.8) is 0 Å². The summed E-state index contributed by atoms with van der Waals surface area (Å²) in [5, 5.41) is 4.56. The Morgan fingerprint density at radius 1 is 1.30 bits per heavy atom. The zero-order valence-electron chi connectivity index (χ0n) is 11.9. The molecule has 0 aliphatic heterocycles. The van der Waals surface area contributed by atoms with E-state index < -0.39 is 0 Å². The van der Waals surface area contributed by atoms with Gasteiger partial charge in [0, 0.05) is 17.7 Å². The second-order valence-electron chi connectivity index (χ2n) is 5.26.